The fourth-order valence-electron chi connectivity index (χ4n) is 2.86. The second-order valence-electron chi connectivity index (χ2n) is 7.57. The Morgan fingerprint density at radius 3 is 2.41 bits per heavy atom. The molecule has 0 saturated carbocycles. The lowest BCUT2D eigenvalue weighted by molar-refractivity contribution is -0.123. The van der Waals surface area contributed by atoms with Crippen LogP contribution in [0.2, 0.25) is 0 Å². The summed E-state index contributed by atoms with van der Waals surface area (Å²) in [6, 6.07) is 9.59. The Hall–Kier alpha value is -3.14. The quantitative estimate of drug-likeness (QED) is 0.901. The molecule has 1 amide bonds. The average Bonchev–Trinajstić information content (AvgIpc) is 2.68. The minimum atomic E-state index is -0.454. The molecular weight excluding hydrogens is 340 g/mol. The zero-order valence-corrected chi connectivity index (χ0v) is 15.9. The van der Waals surface area contributed by atoms with Crippen LogP contribution in [-0.2, 0) is 4.79 Å². The van der Waals surface area contributed by atoms with Crippen LogP contribution in [0.15, 0.2) is 36.7 Å². The fourth-order valence-corrected chi connectivity index (χ4v) is 2.86. The zero-order chi connectivity index (χ0) is 19.4. The number of nitriles is 1. The minimum Gasteiger partial charge on any atom is -0.367 e. The van der Waals surface area contributed by atoms with E-state index in [0.29, 0.717) is 11.4 Å². The Bertz CT molecular complexity index is 842. The molecule has 1 saturated heterocycles. The summed E-state index contributed by atoms with van der Waals surface area (Å²) in [7, 11) is 0. The summed E-state index contributed by atoms with van der Waals surface area (Å²) in [5.41, 5.74) is 1.17. The van der Waals surface area contributed by atoms with Gasteiger partial charge in [-0.1, -0.05) is 20.8 Å². The third kappa shape index (κ3) is 4.34. The molecule has 2 aromatic heterocycles. The molecule has 2 aromatic rings. The molecule has 0 unspecified atom stereocenters. The first kappa shape index (κ1) is 18.6. The van der Waals surface area contributed by atoms with Gasteiger partial charge in [0.2, 0.25) is 5.91 Å². The molecule has 27 heavy (non-hydrogen) atoms. The molecule has 3 heterocycles. The Balaban J connectivity index is 1.61. The maximum atomic E-state index is 12.0. The zero-order valence-electron chi connectivity index (χ0n) is 15.9. The van der Waals surface area contributed by atoms with Gasteiger partial charge >= 0.3 is 0 Å². The summed E-state index contributed by atoms with van der Waals surface area (Å²) in [5, 5.41) is 12.1. The molecule has 1 fully saturated rings. The highest BCUT2D eigenvalue weighted by atomic mass is 16.2. The highest BCUT2D eigenvalue weighted by molar-refractivity contribution is 5.93. The summed E-state index contributed by atoms with van der Waals surface area (Å²) >= 11 is 0. The normalized spacial score (nSPS) is 14.6. The highest BCUT2D eigenvalue weighted by Gasteiger charge is 2.22. The summed E-state index contributed by atoms with van der Waals surface area (Å²) in [5.74, 6) is 1.25. The van der Waals surface area contributed by atoms with Crippen LogP contribution < -0.4 is 15.1 Å². The van der Waals surface area contributed by atoms with Crippen LogP contribution in [0.25, 0.3) is 0 Å². The van der Waals surface area contributed by atoms with Gasteiger partial charge < -0.3 is 15.1 Å². The van der Waals surface area contributed by atoms with E-state index in [2.05, 4.69) is 31.2 Å². The number of hydrogen-bond donors (Lipinski definition) is 1. The van der Waals surface area contributed by atoms with E-state index in [0.717, 1.165) is 37.7 Å². The van der Waals surface area contributed by atoms with Gasteiger partial charge in [-0.05, 0) is 24.3 Å². The molecule has 3 rings (SSSR count). The molecule has 0 atom stereocenters. The number of aromatic nitrogens is 2. The van der Waals surface area contributed by atoms with Crippen LogP contribution >= 0.6 is 0 Å². The van der Waals surface area contributed by atoms with Gasteiger partial charge in [-0.3, -0.25) is 4.79 Å². The number of pyridine rings is 2. The van der Waals surface area contributed by atoms with Gasteiger partial charge in [0, 0.05) is 37.8 Å². The number of carbonyl (C=O) groups is 1. The molecule has 1 N–H and O–H groups in total. The number of nitrogens with one attached hydrogen (secondary N) is 1. The Kier molecular flexibility index (Phi) is 5.26. The summed E-state index contributed by atoms with van der Waals surface area (Å²) in [6.45, 7) is 8.82. The van der Waals surface area contributed by atoms with E-state index >= 15 is 0 Å². The number of amides is 1. The lowest BCUT2D eigenvalue weighted by atomic mass is 9.96. The smallest absolute Gasteiger partial charge is 0.230 e. The van der Waals surface area contributed by atoms with Crippen molar-refractivity contribution in [3.8, 4) is 6.07 Å². The van der Waals surface area contributed by atoms with Gasteiger partial charge in [0.05, 0.1) is 17.4 Å². The number of anilines is 3. The predicted molar refractivity (Wildman–Crippen MR) is 106 cm³/mol. The lowest BCUT2D eigenvalue weighted by Gasteiger charge is -2.36. The third-order valence-corrected chi connectivity index (χ3v) is 4.52. The van der Waals surface area contributed by atoms with Crippen molar-refractivity contribution in [1.82, 2.24) is 9.97 Å². The van der Waals surface area contributed by atoms with Crippen LogP contribution in [0.5, 0.6) is 0 Å². The van der Waals surface area contributed by atoms with E-state index in [9.17, 15) is 10.1 Å². The number of rotatable bonds is 3. The van der Waals surface area contributed by atoms with Gasteiger partial charge in [0.15, 0.2) is 0 Å². The Morgan fingerprint density at radius 2 is 1.81 bits per heavy atom. The third-order valence-electron chi connectivity index (χ3n) is 4.52. The molecule has 0 bridgehead atoms. The second kappa shape index (κ2) is 7.62. The van der Waals surface area contributed by atoms with E-state index in [-0.39, 0.29) is 5.91 Å². The molecule has 0 aromatic carbocycles. The molecule has 140 valence electrons. The van der Waals surface area contributed by atoms with Gasteiger partial charge in [0.1, 0.15) is 17.7 Å². The molecule has 1 aliphatic heterocycles. The predicted octanol–water partition coefficient (Wildman–Crippen LogP) is 2.66. The van der Waals surface area contributed by atoms with Crippen molar-refractivity contribution in [2.45, 2.75) is 20.8 Å². The van der Waals surface area contributed by atoms with Crippen molar-refractivity contribution in [3.05, 3.63) is 42.2 Å². The largest absolute Gasteiger partial charge is 0.367 e. The van der Waals surface area contributed by atoms with Crippen LogP contribution in [0.4, 0.5) is 17.3 Å². The van der Waals surface area contributed by atoms with E-state index < -0.39 is 5.41 Å². The van der Waals surface area contributed by atoms with Crippen LogP contribution in [0, 0.1) is 16.7 Å². The van der Waals surface area contributed by atoms with Crippen LogP contribution in [-0.4, -0.2) is 42.1 Å². The van der Waals surface area contributed by atoms with Gasteiger partial charge in [-0.25, -0.2) is 9.97 Å². The fraction of sp³-hybridized carbons (Fsp3) is 0.400. The molecule has 0 radical (unpaired) electrons. The number of hydrogen-bond acceptors (Lipinski definition) is 6. The molecule has 0 spiro atoms. The van der Waals surface area contributed by atoms with Crippen molar-refractivity contribution in [2.75, 3.05) is 41.3 Å². The Morgan fingerprint density at radius 1 is 1.11 bits per heavy atom. The first-order valence-electron chi connectivity index (χ1n) is 9.01. The standard InChI is InChI=1S/C20H24N6O/c1-20(2,3)19(27)24-17-7-6-16(14-23-17)25-9-11-26(12-10-25)18-15(13-21)5-4-8-22-18/h4-8,14H,9-12H2,1-3H3,(H,23,24,27). The Labute approximate surface area is 159 Å². The first-order valence-corrected chi connectivity index (χ1v) is 9.01. The molecule has 7 heteroatoms. The average molecular weight is 364 g/mol. The topological polar surface area (TPSA) is 85.2 Å². The maximum absolute atomic E-state index is 12.0. The van der Waals surface area contributed by atoms with Gasteiger partial charge in [-0.15, -0.1) is 0 Å². The van der Waals surface area contributed by atoms with Gasteiger partial charge in [-0.2, -0.15) is 5.26 Å². The van der Waals surface area contributed by atoms with E-state index in [1.807, 2.05) is 32.9 Å². The molecule has 1 aliphatic rings. The van der Waals surface area contributed by atoms with E-state index in [4.69, 9.17) is 0 Å². The van der Waals surface area contributed by atoms with Gasteiger partial charge in [0.25, 0.3) is 0 Å². The number of piperazine rings is 1. The molecule has 0 aliphatic carbocycles. The monoisotopic (exact) mass is 364 g/mol. The number of carbonyl (C=O) groups excluding carboxylic acids is 1. The molecule has 7 nitrogen and oxygen atoms in total. The van der Waals surface area contributed by atoms with Crippen LogP contribution in [0.3, 0.4) is 0 Å². The van der Waals surface area contributed by atoms with Crippen molar-refractivity contribution >= 4 is 23.2 Å². The highest BCUT2D eigenvalue weighted by Crippen LogP contribution is 2.22. The lowest BCUT2D eigenvalue weighted by Crippen LogP contribution is -2.47. The van der Waals surface area contributed by atoms with Crippen LogP contribution in [0.1, 0.15) is 26.3 Å². The summed E-state index contributed by atoms with van der Waals surface area (Å²) < 4.78 is 0. The van der Waals surface area contributed by atoms with E-state index in [1.54, 1.807) is 24.5 Å². The number of nitrogens with zero attached hydrogens (tertiary/aromatic N) is 5. The van der Waals surface area contributed by atoms with Crippen molar-refractivity contribution < 1.29 is 4.79 Å². The summed E-state index contributed by atoms with van der Waals surface area (Å²) in [4.78, 5) is 25.2. The first-order chi connectivity index (χ1) is 12.9. The SMILES string of the molecule is CC(C)(C)C(=O)Nc1ccc(N2CCN(c3ncccc3C#N)CC2)cn1. The summed E-state index contributed by atoms with van der Waals surface area (Å²) in [6.07, 6.45) is 3.51. The minimum absolute atomic E-state index is 0.0555. The van der Waals surface area contributed by atoms with Crippen molar-refractivity contribution in [1.29, 1.82) is 5.26 Å². The van der Waals surface area contributed by atoms with Crippen molar-refractivity contribution in [3.63, 3.8) is 0 Å². The second-order valence-corrected chi connectivity index (χ2v) is 7.57. The molecular formula is C20H24N6O. The van der Waals surface area contributed by atoms with E-state index in [1.165, 1.54) is 0 Å². The maximum Gasteiger partial charge on any atom is 0.230 e. The van der Waals surface area contributed by atoms with Crippen molar-refractivity contribution in [2.24, 2.45) is 5.41 Å².